The minimum atomic E-state index is 0.496. The summed E-state index contributed by atoms with van der Waals surface area (Å²) in [7, 11) is 4.99. The van der Waals surface area contributed by atoms with Crippen LogP contribution in [0.25, 0.3) is 11.3 Å². The number of nitrogens with zero attached hydrogens (tertiary/aromatic N) is 2. The molecule has 146 valence electrons. The van der Waals surface area contributed by atoms with Gasteiger partial charge in [-0.25, -0.2) is 0 Å². The Morgan fingerprint density at radius 3 is 2.50 bits per heavy atom. The van der Waals surface area contributed by atoms with Gasteiger partial charge in [0, 0.05) is 36.9 Å². The standard InChI is InChI=1S/C21H24N4O3/c1-22-21(23-13-16-9-10-18(26-2)12-19(16)27-3)24-14-17-11-20(28-25-17)15-7-5-4-6-8-15/h4-12H,13-14H2,1-3H3,(H2,22,23,24). The van der Waals surface area contributed by atoms with E-state index in [1.165, 1.54) is 0 Å². The predicted octanol–water partition coefficient (Wildman–Crippen LogP) is 3.22. The van der Waals surface area contributed by atoms with Gasteiger partial charge in [-0.05, 0) is 12.1 Å². The van der Waals surface area contributed by atoms with Crippen LogP contribution in [0.4, 0.5) is 0 Å². The second-order valence-electron chi connectivity index (χ2n) is 6.01. The number of nitrogens with one attached hydrogen (secondary N) is 2. The third-order valence-corrected chi connectivity index (χ3v) is 4.22. The largest absolute Gasteiger partial charge is 0.497 e. The maximum absolute atomic E-state index is 5.43. The average molecular weight is 380 g/mol. The highest BCUT2D eigenvalue weighted by Crippen LogP contribution is 2.24. The Bertz CT molecular complexity index is 922. The van der Waals surface area contributed by atoms with Gasteiger partial charge in [0.15, 0.2) is 11.7 Å². The molecular weight excluding hydrogens is 356 g/mol. The lowest BCUT2D eigenvalue weighted by molar-refractivity contribution is 0.390. The molecule has 2 aromatic carbocycles. The first-order valence-corrected chi connectivity index (χ1v) is 8.90. The molecule has 2 N–H and O–H groups in total. The Kier molecular flexibility index (Phi) is 6.51. The first kappa shape index (κ1) is 19.3. The Labute approximate surface area is 164 Å². The molecule has 7 nitrogen and oxygen atoms in total. The van der Waals surface area contributed by atoms with E-state index in [0.717, 1.165) is 34.1 Å². The zero-order valence-corrected chi connectivity index (χ0v) is 16.2. The minimum absolute atomic E-state index is 0.496. The molecule has 0 radical (unpaired) electrons. The number of rotatable bonds is 7. The minimum Gasteiger partial charge on any atom is -0.497 e. The number of benzene rings is 2. The zero-order valence-electron chi connectivity index (χ0n) is 16.2. The third kappa shape index (κ3) is 4.82. The SMILES string of the molecule is CN=C(NCc1cc(-c2ccccc2)on1)NCc1ccc(OC)cc1OC. The molecule has 3 rings (SSSR count). The molecular formula is C21H24N4O3. The summed E-state index contributed by atoms with van der Waals surface area (Å²) < 4.78 is 16.1. The molecule has 0 aliphatic rings. The molecule has 0 aliphatic heterocycles. The lowest BCUT2D eigenvalue weighted by Crippen LogP contribution is -2.36. The summed E-state index contributed by atoms with van der Waals surface area (Å²) in [5.41, 5.74) is 2.79. The Hall–Kier alpha value is -3.48. The van der Waals surface area contributed by atoms with Crippen LogP contribution in [0.15, 0.2) is 64.1 Å². The number of hydrogen-bond acceptors (Lipinski definition) is 5. The van der Waals surface area contributed by atoms with E-state index >= 15 is 0 Å². The quantitative estimate of drug-likeness (QED) is 0.484. The van der Waals surface area contributed by atoms with Crippen LogP contribution in [-0.2, 0) is 13.1 Å². The van der Waals surface area contributed by atoms with E-state index in [4.69, 9.17) is 14.0 Å². The second kappa shape index (κ2) is 9.45. The Morgan fingerprint density at radius 1 is 1.00 bits per heavy atom. The van der Waals surface area contributed by atoms with Gasteiger partial charge in [0.1, 0.15) is 17.2 Å². The van der Waals surface area contributed by atoms with E-state index in [1.54, 1.807) is 21.3 Å². The molecule has 0 unspecified atom stereocenters. The second-order valence-corrected chi connectivity index (χ2v) is 6.01. The maximum atomic E-state index is 5.43. The van der Waals surface area contributed by atoms with Gasteiger partial charge >= 0.3 is 0 Å². The Morgan fingerprint density at radius 2 is 1.79 bits per heavy atom. The topological polar surface area (TPSA) is 80.9 Å². The summed E-state index contributed by atoms with van der Waals surface area (Å²) in [6.07, 6.45) is 0. The molecule has 0 atom stereocenters. The van der Waals surface area contributed by atoms with Crippen LogP contribution in [0.2, 0.25) is 0 Å². The number of aliphatic imine (C=N–C) groups is 1. The molecule has 0 spiro atoms. The van der Waals surface area contributed by atoms with Gasteiger partial charge in [-0.15, -0.1) is 0 Å². The van der Waals surface area contributed by atoms with Crippen LogP contribution in [0, 0.1) is 0 Å². The van der Waals surface area contributed by atoms with Crippen LogP contribution >= 0.6 is 0 Å². The van der Waals surface area contributed by atoms with E-state index in [1.807, 2.05) is 54.6 Å². The van der Waals surface area contributed by atoms with Gasteiger partial charge in [-0.1, -0.05) is 35.5 Å². The molecule has 1 heterocycles. The van der Waals surface area contributed by atoms with Crippen molar-refractivity contribution in [2.24, 2.45) is 4.99 Å². The highest BCUT2D eigenvalue weighted by atomic mass is 16.5. The van der Waals surface area contributed by atoms with Gasteiger partial charge in [-0.2, -0.15) is 0 Å². The fourth-order valence-electron chi connectivity index (χ4n) is 2.71. The summed E-state index contributed by atoms with van der Waals surface area (Å²) >= 11 is 0. The van der Waals surface area contributed by atoms with Gasteiger partial charge in [-0.3, -0.25) is 4.99 Å². The lowest BCUT2D eigenvalue weighted by atomic mass is 10.2. The molecule has 28 heavy (non-hydrogen) atoms. The van der Waals surface area contributed by atoms with Crippen molar-refractivity contribution in [1.29, 1.82) is 0 Å². The van der Waals surface area contributed by atoms with Gasteiger partial charge in [0.25, 0.3) is 0 Å². The van der Waals surface area contributed by atoms with E-state index in [9.17, 15) is 0 Å². The van der Waals surface area contributed by atoms with Crippen molar-refractivity contribution in [2.75, 3.05) is 21.3 Å². The fraction of sp³-hybridized carbons (Fsp3) is 0.238. The molecule has 3 aromatic rings. The van der Waals surface area contributed by atoms with Gasteiger partial charge in [0.05, 0.1) is 20.8 Å². The summed E-state index contributed by atoms with van der Waals surface area (Å²) in [6.45, 7) is 1.05. The number of ether oxygens (including phenoxy) is 2. The molecule has 0 aliphatic carbocycles. The normalized spacial score (nSPS) is 11.2. The first-order chi connectivity index (χ1) is 13.7. The number of methoxy groups -OCH3 is 2. The van der Waals surface area contributed by atoms with Crippen molar-refractivity contribution < 1.29 is 14.0 Å². The van der Waals surface area contributed by atoms with Crippen molar-refractivity contribution in [2.45, 2.75) is 13.1 Å². The van der Waals surface area contributed by atoms with E-state index < -0.39 is 0 Å². The van der Waals surface area contributed by atoms with Crippen LogP contribution < -0.4 is 20.1 Å². The molecule has 1 aromatic heterocycles. The van der Waals surface area contributed by atoms with E-state index in [0.29, 0.717) is 19.0 Å². The van der Waals surface area contributed by atoms with E-state index in [2.05, 4.69) is 20.8 Å². The summed E-state index contributed by atoms with van der Waals surface area (Å²) in [5.74, 6) is 2.90. The van der Waals surface area contributed by atoms with E-state index in [-0.39, 0.29) is 0 Å². The van der Waals surface area contributed by atoms with Crippen LogP contribution in [-0.4, -0.2) is 32.4 Å². The highest BCUT2D eigenvalue weighted by molar-refractivity contribution is 5.79. The van der Waals surface area contributed by atoms with Crippen molar-refractivity contribution >= 4 is 5.96 Å². The molecule has 0 fully saturated rings. The molecule has 0 saturated carbocycles. The molecule has 0 saturated heterocycles. The molecule has 0 bridgehead atoms. The maximum Gasteiger partial charge on any atom is 0.191 e. The van der Waals surface area contributed by atoms with Crippen molar-refractivity contribution in [1.82, 2.24) is 15.8 Å². The first-order valence-electron chi connectivity index (χ1n) is 8.90. The van der Waals surface area contributed by atoms with Crippen LogP contribution in [0.1, 0.15) is 11.3 Å². The third-order valence-electron chi connectivity index (χ3n) is 4.22. The van der Waals surface area contributed by atoms with Crippen molar-refractivity contribution in [3.63, 3.8) is 0 Å². The summed E-state index contributed by atoms with van der Waals surface area (Å²) in [5, 5.41) is 10.6. The monoisotopic (exact) mass is 380 g/mol. The van der Waals surface area contributed by atoms with Crippen molar-refractivity contribution in [3.8, 4) is 22.8 Å². The van der Waals surface area contributed by atoms with Crippen LogP contribution in [0.3, 0.4) is 0 Å². The number of hydrogen-bond donors (Lipinski definition) is 2. The fourth-order valence-corrected chi connectivity index (χ4v) is 2.71. The van der Waals surface area contributed by atoms with Gasteiger partial charge < -0.3 is 24.6 Å². The van der Waals surface area contributed by atoms with Gasteiger partial charge in [0.2, 0.25) is 0 Å². The molecule has 7 heteroatoms. The number of guanidine groups is 1. The van der Waals surface area contributed by atoms with Crippen LogP contribution in [0.5, 0.6) is 11.5 Å². The smallest absolute Gasteiger partial charge is 0.191 e. The average Bonchev–Trinajstić information content (AvgIpc) is 3.23. The number of aromatic nitrogens is 1. The lowest BCUT2D eigenvalue weighted by Gasteiger charge is -2.14. The predicted molar refractivity (Wildman–Crippen MR) is 109 cm³/mol. The highest BCUT2D eigenvalue weighted by Gasteiger charge is 2.09. The van der Waals surface area contributed by atoms with Crippen molar-refractivity contribution in [3.05, 3.63) is 65.9 Å². The Balaban J connectivity index is 1.56. The summed E-state index contributed by atoms with van der Waals surface area (Å²) in [4.78, 5) is 4.24. The molecule has 0 amide bonds. The zero-order chi connectivity index (χ0) is 19.8. The summed E-state index contributed by atoms with van der Waals surface area (Å²) in [6, 6.07) is 17.5.